The molecule has 3 rings (SSSR count). The standard InChI is InChI=1S/C15H9ClFNO/c16-14-7-9-3-1-2-4-11(9)15(18-14)12-6-5-10(17)8-13(12)19/h1-8,19H. The van der Waals surface area contributed by atoms with E-state index in [1.165, 1.54) is 12.1 Å². The molecule has 3 aromatic rings. The van der Waals surface area contributed by atoms with Gasteiger partial charge in [-0.25, -0.2) is 9.37 Å². The molecule has 0 unspecified atom stereocenters. The lowest BCUT2D eigenvalue weighted by Crippen LogP contribution is -1.89. The van der Waals surface area contributed by atoms with Crippen LogP contribution in [0.5, 0.6) is 5.75 Å². The van der Waals surface area contributed by atoms with Crippen LogP contribution in [0.4, 0.5) is 4.39 Å². The Hall–Kier alpha value is -2.13. The lowest BCUT2D eigenvalue weighted by atomic mass is 10.0. The fourth-order valence-corrected chi connectivity index (χ4v) is 2.28. The van der Waals surface area contributed by atoms with Crippen LogP contribution in [0.15, 0.2) is 48.5 Å². The Kier molecular flexibility index (Phi) is 2.84. The van der Waals surface area contributed by atoms with Gasteiger partial charge in [-0.2, -0.15) is 0 Å². The van der Waals surface area contributed by atoms with Crippen molar-refractivity contribution in [3.8, 4) is 17.0 Å². The first kappa shape index (κ1) is 11.9. The van der Waals surface area contributed by atoms with Crippen molar-refractivity contribution < 1.29 is 9.50 Å². The number of hydrogen-bond acceptors (Lipinski definition) is 2. The van der Waals surface area contributed by atoms with Crippen LogP contribution in [-0.2, 0) is 0 Å². The number of phenolic OH excluding ortho intramolecular Hbond substituents is 1. The van der Waals surface area contributed by atoms with Gasteiger partial charge >= 0.3 is 0 Å². The Morgan fingerprint density at radius 1 is 1.05 bits per heavy atom. The maximum absolute atomic E-state index is 13.0. The largest absolute Gasteiger partial charge is 0.507 e. The number of benzene rings is 2. The van der Waals surface area contributed by atoms with Gasteiger partial charge in [0.05, 0.1) is 5.69 Å². The molecule has 0 atom stereocenters. The van der Waals surface area contributed by atoms with Crippen LogP contribution < -0.4 is 0 Å². The van der Waals surface area contributed by atoms with E-state index >= 15 is 0 Å². The van der Waals surface area contributed by atoms with Crippen molar-refractivity contribution in [1.29, 1.82) is 0 Å². The molecule has 19 heavy (non-hydrogen) atoms. The second-order valence-corrected chi connectivity index (χ2v) is 4.56. The molecule has 0 aliphatic carbocycles. The number of nitrogens with zero attached hydrogens (tertiary/aromatic N) is 1. The van der Waals surface area contributed by atoms with Gasteiger partial charge in [0, 0.05) is 17.0 Å². The maximum atomic E-state index is 13.0. The molecule has 1 aromatic heterocycles. The zero-order valence-corrected chi connectivity index (χ0v) is 10.5. The summed E-state index contributed by atoms with van der Waals surface area (Å²) in [7, 11) is 0. The average molecular weight is 274 g/mol. The van der Waals surface area contributed by atoms with E-state index in [0.29, 0.717) is 16.4 Å². The summed E-state index contributed by atoms with van der Waals surface area (Å²) in [5.74, 6) is -0.646. The third-order valence-corrected chi connectivity index (χ3v) is 3.12. The molecule has 94 valence electrons. The highest BCUT2D eigenvalue weighted by atomic mass is 35.5. The van der Waals surface area contributed by atoms with Crippen LogP contribution >= 0.6 is 11.6 Å². The Balaban J connectivity index is 2.35. The predicted octanol–water partition coefficient (Wildman–Crippen LogP) is 4.40. The highest BCUT2D eigenvalue weighted by Crippen LogP contribution is 2.34. The molecular formula is C15H9ClFNO. The number of hydrogen-bond donors (Lipinski definition) is 1. The predicted molar refractivity (Wildman–Crippen MR) is 73.8 cm³/mol. The minimum atomic E-state index is -0.493. The lowest BCUT2D eigenvalue weighted by Gasteiger charge is -2.08. The van der Waals surface area contributed by atoms with Crippen LogP contribution in [0.1, 0.15) is 0 Å². The quantitative estimate of drug-likeness (QED) is 0.667. The zero-order chi connectivity index (χ0) is 13.4. The van der Waals surface area contributed by atoms with Crippen molar-refractivity contribution in [1.82, 2.24) is 4.98 Å². The van der Waals surface area contributed by atoms with E-state index in [2.05, 4.69) is 4.98 Å². The summed E-state index contributed by atoms with van der Waals surface area (Å²) < 4.78 is 13.0. The first-order valence-electron chi connectivity index (χ1n) is 5.69. The number of pyridine rings is 1. The van der Waals surface area contributed by atoms with Crippen LogP contribution in [-0.4, -0.2) is 10.1 Å². The fourth-order valence-electron chi connectivity index (χ4n) is 2.08. The van der Waals surface area contributed by atoms with Crippen molar-refractivity contribution in [2.45, 2.75) is 0 Å². The fraction of sp³-hybridized carbons (Fsp3) is 0. The third kappa shape index (κ3) is 2.13. The minimum Gasteiger partial charge on any atom is -0.507 e. The summed E-state index contributed by atoms with van der Waals surface area (Å²) in [6.45, 7) is 0. The van der Waals surface area contributed by atoms with Crippen LogP contribution in [0.3, 0.4) is 0 Å². The first-order chi connectivity index (χ1) is 9.15. The lowest BCUT2D eigenvalue weighted by molar-refractivity contribution is 0.471. The molecule has 0 saturated carbocycles. The van der Waals surface area contributed by atoms with Gasteiger partial charge in [0.25, 0.3) is 0 Å². The number of halogens is 2. The number of rotatable bonds is 1. The van der Waals surface area contributed by atoms with Crippen molar-refractivity contribution in [2.24, 2.45) is 0 Å². The van der Waals surface area contributed by atoms with E-state index in [0.717, 1.165) is 16.8 Å². The minimum absolute atomic E-state index is 0.153. The van der Waals surface area contributed by atoms with Crippen LogP contribution in [0, 0.1) is 5.82 Å². The number of fused-ring (bicyclic) bond motifs is 1. The molecule has 0 aliphatic heterocycles. The highest BCUT2D eigenvalue weighted by molar-refractivity contribution is 6.30. The second-order valence-electron chi connectivity index (χ2n) is 4.18. The molecular weight excluding hydrogens is 265 g/mol. The number of phenols is 1. The van der Waals surface area contributed by atoms with Gasteiger partial charge in [0.15, 0.2) is 0 Å². The smallest absolute Gasteiger partial charge is 0.130 e. The van der Waals surface area contributed by atoms with Gasteiger partial charge in [0.1, 0.15) is 16.7 Å². The maximum Gasteiger partial charge on any atom is 0.130 e. The molecule has 0 aliphatic rings. The van der Waals surface area contributed by atoms with Gasteiger partial charge in [-0.05, 0) is 23.6 Å². The molecule has 1 N–H and O–H groups in total. The van der Waals surface area contributed by atoms with Crippen LogP contribution in [0.25, 0.3) is 22.0 Å². The van der Waals surface area contributed by atoms with Gasteiger partial charge < -0.3 is 5.11 Å². The van der Waals surface area contributed by atoms with Crippen molar-refractivity contribution >= 4 is 22.4 Å². The summed E-state index contributed by atoms with van der Waals surface area (Å²) >= 11 is 5.99. The Morgan fingerprint density at radius 2 is 1.84 bits per heavy atom. The average Bonchev–Trinajstić information content (AvgIpc) is 2.38. The van der Waals surface area contributed by atoms with E-state index in [-0.39, 0.29) is 5.75 Å². The molecule has 2 nitrogen and oxygen atoms in total. The molecule has 4 heteroatoms. The van der Waals surface area contributed by atoms with Crippen LogP contribution in [0.2, 0.25) is 5.15 Å². The van der Waals surface area contributed by atoms with Gasteiger partial charge in [0.2, 0.25) is 0 Å². The van der Waals surface area contributed by atoms with E-state index in [9.17, 15) is 9.50 Å². The zero-order valence-electron chi connectivity index (χ0n) is 9.77. The Bertz CT molecular complexity index is 773. The first-order valence-corrected chi connectivity index (χ1v) is 6.07. The van der Waals surface area contributed by atoms with E-state index < -0.39 is 5.82 Å². The van der Waals surface area contributed by atoms with E-state index in [4.69, 9.17) is 11.6 Å². The summed E-state index contributed by atoms with van der Waals surface area (Å²) in [6.07, 6.45) is 0. The normalized spacial score (nSPS) is 10.8. The molecule has 0 radical (unpaired) electrons. The monoisotopic (exact) mass is 273 g/mol. The Morgan fingerprint density at radius 3 is 2.63 bits per heavy atom. The second kappa shape index (κ2) is 4.52. The van der Waals surface area contributed by atoms with Gasteiger partial charge in [-0.3, -0.25) is 0 Å². The summed E-state index contributed by atoms with van der Waals surface area (Å²) in [6, 6.07) is 13.2. The van der Waals surface area contributed by atoms with Crippen molar-refractivity contribution in [3.05, 3.63) is 59.5 Å². The summed E-state index contributed by atoms with van der Waals surface area (Å²) in [5.41, 5.74) is 1.00. The van der Waals surface area contributed by atoms with E-state index in [1.807, 2.05) is 24.3 Å². The van der Waals surface area contributed by atoms with Gasteiger partial charge in [-0.15, -0.1) is 0 Å². The third-order valence-electron chi connectivity index (χ3n) is 2.92. The number of aromatic nitrogens is 1. The summed E-state index contributed by atoms with van der Waals surface area (Å²) in [5, 5.41) is 12.0. The van der Waals surface area contributed by atoms with Crippen molar-refractivity contribution in [2.75, 3.05) is 0 Å². The molecule has 0 amide bonds. The SMILES string of the molecule is Oc1cc(F)ccc1-c1nc(Cl)cc2ccccc12. The Labute approximate surface area is 114 Å². The molecule has 0 saturated heterocycles. The molecule has 2 aromatic carbocycles. The molecule has 0 bridgehead atoms. The van der Waals surface area contributed by atoms with Gasteiger partial charge in [-0.1, -0.05) is 35.9 Å². The molecule has 1 heterocycles. The van der Waals surface area contributed by atoms with E-state index in [1.54, 1.807) is 6.07 Å². The number of aromatic hydroxyl groups is 1. The van der Waals surface area contributed by atoms with Crippen molar-refractivity contribution in [3.63, 3.8) is 0 Å². The summed E-state index contributed by atoms with van der Waals surface area (Å²) in [4.78, 5) is 4.25. The highest BCUT2D eigenvalue weighted by Gasteiger charge is 2.11. The molecule has 0 fully saturated rings. The topological polar surface area (TPSA) is 33.1 Å². The molecule has 0 spiro atoms.